The van der Waals surface area contributed by atoms with Crippen LogP contribution >= 0.6 is 11.3 Å². The van der Waals surface area contributed by atoms with Crippen molar-refractivity contribution in [2.75, 3.05) is 26.2 Å². The highest BCUT2D eigenvalue weighted by atomic mass is 32.1. The molecular weight excluding hydrogens is 322 g/mol. The Labute approximate surface area is 144 Å². The van der Waals surface area contributed by atoms with E-state index in [2.05, 4.69) is 17.0 Å². The summed E-state index contributed by atoms with van der Waals surface area (Å²) in [7, 11) is 0. The molecule has 0 radical (unpaired) electrons. The number of para-hydroxylation sites is 1. The SMILES string of the molecule is Cc1cc(C(=O)N2CCN(Cc3nc4ccccc4s3)CC2)co1. The molecule has 1 aliphatic rings. The molecule has 6 heteroatoms. The molecule has 0 saturated carbocycles. The maximum Gasteiger partial charge on any atom is 0.257 e. The minimum Gasteiger partial charge on any atom is -0.469 e. The maximum atomic E-state index is 12.4. The number of aromatic nitrogens is 1. The predicted molar refractivity (Wildman–Crippen MR) is 94.2 cm³/mol. The summed E-state index contributed by atoms with van der Waals surface area (Å²) in [4.78, 5) is 21.4. The quantitative estimate of drug-likeness (QED) is 0.734. The Hall–Kier alpha value is -2.18. The van der Waals surface area contributed by atoms with Crippen molar-refractivity contribution in [2.45, 2.75) is 13.5 Å². The van der Waals surface area contributed by atoms with Gasteiger partial charge < -0.3 is 9.32 Å². The minimum atomic E-state index is 0.0616. The van der Waals surface area contributed by atoms with Gasteiger partial charge in [-0.15, -0.1) is 11.3 Å². The molecule has 1 saturated heterocycles. The zero-order valence-electron chi connectivity index (χ0n) is 13.6. The number of nitrogens with zero attached hydrogens (tertiary/aromatic N) is 3. The number of carbonyl (C=O) groups is 1. The van der Waals surface area contributed by atoms with Crippen LogP contribution in [0.3, 0.4) is 0 Å². The topological polar surface area (TPSA) is 49.6 Å². The molecule has 3 heterocycles. The van der Waals surface area contributed by atoms with Gasteiger partial charge >= 0.3 is 0 Å². The van der Waals surface area contributed by atoms with Gasteiger partial charge in [-0.1, -0.05) is 12.1 Å². The summed E-state index contributed by atoms with van der Waals surface area (Å²) >= 11 is 1.75. The number of piperazine rings is 1. The Morgan fingerprint density at radius 1 is 1.25 bits per heavy atom. The van der Waals surface area contributed by atoms with Gasteiger partial charge in [-0.25, -0.2) is 4.98 Å². The average molecular weight is 341 g/mol. The predicted octanol–water partition coefficient (Wildman–Crippen LogP) is 3.16. The van der Waals surface area contributed by atoms with Gasteiger partial charge in [0.2, 0.25) is 0 Å². The normalized spacial score (nSPS) is 16.0. The molecule has 5 nitrogen and oxygen atoms in total. The van der Waals surface area contributed by atoms with Crippen molar-refractivity contribution in [3.05, 3.63) is 52.9 Å². The van der Waals surface area contributed by atoms with E-state index < -0.39 is 0 Å². The van der Waals surface area contributed by atoms with Gasteiger partial charge in [0.25, 0.3) is 5.91 Å². The Bertz CT molecular complexity index is 829. The Balaban J connectivity index is 1.36. The molecule has 0 atom stereocenters. The number of furan rings is 1. The average Bonchev–Trinajstić information content (AvgIpc) is 3.20. The number of aryl methyl sites for hydroxylation is 1. The molecule has 1 fully saturated rings. The smallest absolute Gasteiger partial charge is 0.257 e. The second-order valence-electron chi connectivity index (χ2n) is 6.09. The molecule has 0 unspecified atom stereocenters. The molecule has 0 aliphatic carbocycles. The molecular formula is C18H19N3O2S. The van der Waals surface area contributed by atoms with Gasteiger partial charge in [-0.05, 0) is 25.1 Å². The molecule has 0 N–H and O–H groups in total. The number of amides is 1. The van der Waals surface area contributed by atoms with Crippen molar-refractivity contribution in [3.8, 4) is 0 Å². The molecule has 124 valence electrons. The van der Waals surface area contributed by atoms with E-state index in [1.807, 2.05) is 24.0 Å². The third-order valence-electron chi connectivity index (χ3n) is 4.33. The van der Waals surface area contributed by atoms with Crippen molar-refractivity contribution >= 4 is 27.5 Å². The summed E-state index contributed by atoms with van der Waals surface area (Å²) in [5.74, 6) is 0.833. The molecule has 2 aromatic heterocycles. The van der Waals surface area contributed by atoms with E-state index >= 15 is 0 Å². The summed E-state index contributed by atoms with van der Waals surface area (Å²) < 4.78 is 6.47. The highest BCUT2D eigenvalue weighted by Gasteiger charge is 2.23. The Kier molecular flexibility index (Phi) is 4.08. The van der Waals surface area contributed by atoms with Gasteiger partial charge in [0, 0.05) is 26.2 Å². The van der Waals surface area contributed by atoms with Crippen molar-refractivity contribution in [2.24, 2.45) is 0 Å². The number of hydrogen-bond acceptors (Lipinski definition) is 5. The second kappa shape index (κ2) is 6.37. The van der Waals surface area contributed by atoms with E-state index in [-0.39, 0.29) is 5.91 Å². The molecule has 0 bridgehead atoms. The van der Waals surface area contributed by atoms with E-state index in [9.17, 15) is 4.79 Å². The van der Waals surface area contributed by atoms with Crippen molar-refractivity contribution in [3.63, 3.8) is 0 Å². The molecule has 1 aromatic carbocycles. The Morgan fingerprint density at radius 2 is 2.04 bits per heavy atom. The number of rotatable bonds is 3. The largest absolute Gasteiger partial charge is 0.469 e. The highest BCUT2D eigenvalue weighted by Crippen LogP contribution is 2.23. The molecule has 0 spiro atoms. The number of hydrogen-bond donors (Lipinski definition) is 0. The number of carbonyl (C=O) groups excluding carboxylic acids is 1. The molecule has 1 aliphatic heterocycles. The summed E-state index contributed by atoms with van der Waals surface area (Å²) in [5.41, 5.74) is 1.72. The fourth-order valence-electron chi connectivity index (χ4n) is 3.03. The van der Waals surface area contributed by atoms with Crippen molar-refractivity contribution < 1.29 is 9.21 Å². The van der Waals surface area contributed by atoms with Gasteiger partial charge in [0.1, 0.15) is 17.0 Å². The highest BCUT2D eigenvalue weighted by molar-refractivity contribution is 7.18. The fraction of sp³-hybridized carbons (Fsp3) is 0.333. The van der Waals surface area contributed by atoms with Crippen LogP contribution in [0.5, 0.6) is 0 Å². The number of thiazole rings is 1. The summed E-state index contributed by atoms with van der Waals surface area (Å²) in [5, 5.41) is 1.14. The van der Waals surface area contributed by atoms with Crippen molar-refractivity contribution in [1.29, 1.82) is 0 Å². The van der Waals surface area contributed by atoms with Crippen LogP contribution in [0, 0.1) is 6.92 Å². The molecule has 3 aromatic rings. The number of fused-ring (bicyclic) bond motifs is 1. The lowest BCUT2D eigenvalue weighted by Gasteiger charge is -2.34. The first-order valence-electron chi connectivity index (χ1n) is 8.10. The summed E-state index contributed by atoms with van der Waals surface area (Å²) in [6, 6.07) is 10.0. The zero-order valence-corrected chi connectivity index (χ0v) is 14.4. The van der Waals surface area contributed by atoms with Gasteiger partial charge in [-0.2, -0.15) is 0 Å². The number of benzene rings is 1. The van der Waals surface area contributed by atoms with Crippen molar-refractivity contribution in [1.82, 2.24) is 14.8 Å². The Morgan fingerprint density at radius 3 is 2.75 bits per heavy atom. The van der Waals surface area contributed by atoms with Crippen LogP contribution < -0.4 is 0 Å². The van der Waals surface area contributed by atoms with E-state index in [1.54, 1.807) is 23.7 Å². The first-order valence-corrected chi connectivity index (χ1v) is 8.92. The van der Waals surface area contributed by atoms with Crippen LogP contribution in [0.15, 0.2) is 41.0 Å². The van der Waals surface area contributed by atoms with Crippen LogP contribution in [-0.2, 0) is 6.54 Å². The molecule has 4 rings (SSSR count). The first kappa shape index (κ1) is 15.4. The lowest BCUT2D eigenvalue weighted by molar-refractivity contribution is 0.0628. The van der Waals surface area contributed by atoms with Gasteiger partial charge in [0.15, 0.2) is 0 Å². The van der Waals surface area contributed by atoms with E-state index in [0.29, 0.717) is 5.56 Å². The standard InChI is InChI=1S/C18H19N3O2S/c1-13-10-14(12-23-13)18(22)21-8-6-20(7-9-21)11-17-19-15-4-2-3-5-16(15)24-17/h2-5,10,12H,6-9,11H2,1H3. The third-order valence-corrected chi connectivity index (χ3v) is 5.36. The van der Waals surface area contributed by atoms with Crippen LogP contribution in [0.1, 0.15) is 21.1 Å². The first-order chi connectivity index (χ1) is 11.7. The lowest BCUT2D eigenvalue weighted by Crippen LogP contribution is -2.48. The summed E-state index contributed by atoms with van der Waals surface area (Å²) in [6.07, 6.45) is 1.55. The van der Waals surface area contributed by atoms with E-state index in [4.69, 9.17) is 9.40 Å². The minimum absolute atomic E-state index is 0.0616. The second-order valence-corrected chi connectivity index (χ2v) is 7.20. The van der Waals surface area contributed by atoms with Crippen LogP contribution in [-0.4, -0.2) is 46.9 Å². The fourth-order valence-corrected chi connectivity index (χ4v) is 4.04. The van der Waals surface area contributed by atoms with Gasteiger partial charge in [0.05, 0.1) is 22.3 Å². The third kappa shape index (κ3) is 3.07. The van der Waals surface area contributed by atoms with Crippen LogP contribution in [0.2, 0.25) is 0 Å². The van der Waals surface area contributed by atoms with Crippen LogP contribution in [0.25, 0.3) is 10.2 Å². The summed E-state index contributed by atoms with van der Waals surface area (Å²) in [6.45, 7) is 5.94. The zero-order chi connectivity index (χ0) is 16.5. The lowest BCUT2D eigenvalue weighted by atomic mass is 10.2. The van der Waals surface area contributed by atoms with E-state index in [0.717, 1.165) is 49.0 Å². The van der Waals surface area contributed by atoms with Crippen LogP contribution in [0.4, 0.5) is 0 Å². The molecule has 1 amide bonds. The molecule has 24 heavy (non-hydrogen) atoms. The monoisotopic (exact) mass is 341 g/mol. The van der Waals surface area contributed by atoms with E-state index in [1.165, 1.54) is 4.70 Å². The maximum absolute atomic E-state index is 12.4. The van der Waals surface area contributed by atoms with Gasteiger partial charge in [-0.3, -0.25) is 9.69 Å².